The van der Waals surface area contributed by atoms with Crippen LogP contribution in [0.2, 0.25) is 0 Å². The van der Waals surface area contributed by atoms with Crippen LogP contribution in [0.3, 0.4) is 0 Å². The van der Waals surface area contributed by atoms with Crippen LogP contribution in [0, 0.1) is 6.92 Å². The topological polar surface area (TPSA) is 37.9 Å². The molecule has 0 unspecified atom stereocenters. The van der Waals surface area contributed by atoms with E-state index in [2.05, 4.69) is 48.9 Å². The zero-order chi connectivity index (χ0) is 14.6. The molecule has 0 saturated carbocycles. The van der Waals surface area contributed by atoms with Crippen molar-refractivity contribution in [3.05, 3.63) is 47.5 Å². The summed E-state index contributed by atoms with van der Waals surface area (Å²) in [7, 11) is 0. The molecule has 2 heterocycles. The van der Waals surface area contributed by atoms with Gasteiger partial charge in [0.25, 0.3) is 0 Å². The van der Waals surface area contributed by atoms with Crippen molar-refractivity contribution in [3.8, 4) is 17.1 Å². The quantitative estimate of drug-likeness (QED) is 0.722. The smallest absolute Gasteiger partial charge is 0.138 e. The van der Waals surface area contributed by atoms with Crippen LogP contribution in [0.15, 0.2) is 36.4 Å². The number of hydrogen-bond acceptors (Lipinski definition) is 2. The van der Waals surface area contributed by atoms with Crippen LogP contribution in [-0.2, 0) is 6.42 Å². The van der Waals surface area contributed by atoms with Crippen molar-refractivity contribution in [1.82, 2.24) is 9.97 Å². The number of nitrogens with one attached hydrogen (secondary N) is 1. The average Bonchev–Trinajstić information content (AvgIpc) is 2.98. The van der Waals surface area contributed by atoms with Gasteiger partial charge >= 0.3 is 0 Å². The standard InChI is InChI=1S/C18H18N2O/c1-11-8-12(9-13-10-18(2,3)21-16(11)13)17-19-14-6-4-5-7-15(14)20-17/h4-9H,10H2,1-3H3,(H,19,20). The van der Waals surface area contributed by atoms with Crippen molar-refractivity contribution in [2.24, 2.45) is 0 Å². The second-order valence-electron chi connectivity index (χ2n) is 6.42. The van der Waals surface area contributed by atoms with E-state index in [1.54, 1.807) is 0 Å². The second kappa shape index (κ2) is 4.10. The molecule has 0 bridgehead atoms. The van der Waals surface area contributed by atoms with E-state index in [0.29, 0.717) is 0 Å². The predicted molar refractivity (Wildman–Crippen MR) is 84.7 cm³/mol. The molecule has 106 valence electrons. The Kier molecular flexibility index (Phi) is 2.43. The SMILES string of the molecule is Cc1cc(-c2nc3ccccc3[nH]2)cc2c1OC(C)(C)C2. The Hall–Kier alpha value is -2.29. The predicted octanol–water partition coefficient (Wildman–Crippen LogP) is 4.25. The van der Waals surface area contributed by atoms with E-state index in [0.717, 1.165) is 34.6 Å². The fourth-order valence-corrected chi connectivity index (χ4v) is 3.12. The minimum absolute atomic E-state index is 0.112. The lowest BCUT2D eigenvalue weighted by atomic mass is 9.98. The molecule has 0 aliphatic carbocycles. The van der Waals surface area contributed by atoms with Crippen LogP contribution >= 0.6 is 0 Å². The summed E-state index contributed by atoms with van der Waals surface area (Å²) in [5.74, 6) is 1.96. The first-order valence-corrected chi connectivity index (χ1v) is 7.29. The van der Waals surface area contributed by atoms with Crippen molar-refractivity contribution in [1.29, 1.82) is 0 Å². The van der Waals surface area contributed by atoms with Crippen molar-refractivity contribution >= 4 is 11.0 Å². The molecule has 3 aromatic rings. The van der Waals surface area contributed by atoms with E-state index < -0.39 is 0 Å². The fourth-order valence-electron chi connectivity index (χ4n) is 3.12. The van der Waals surface area contributed by atoms with Crippen LogP contribution in [0.1, 0.15) is 25.0 Å². The largest absolute Gasteiger partial charge is 0.487 e. The van der Waals surface area contributed by atoms with Gasteiger partial charge in [0.15, 0.2) is 0 Å². The summed E-state index contributed by atoms with van der Waals surface area (Å²) in [6.45, 7) is 6.37. The van der Waals surface area contributed by atoms with E-state index in [1.807, 2.05) is 18.2 Å². The summed E-state index contributed by atoms with van der Waals surface area (Å²) < 4.78 is 6.04. The molecule has 1 aliphatic heterocycles. The third-order valence-electron chi connectivity index (χ3n) is 4.01. The number of aryl methyl sites for hydroxylation is 1. The normalized spacial score (nSPS) is 16.0. The third kappa shape index (κ3) is 2.00. The molecule has 0 atom stereocenters. The molecule has 1 N–H and O–H groups in total. The van der Waals surface area contributed by atoms with Gasteiger partial charge in [0.1, 0.15) is 17.2 Å². The van der Waals surface area contributed by atoms with E-state index in [4.69, 9.17) is 4.74 Å². The molecule has 4 rings (SSSR count). The van der Waals surface area contributed by atoms with E-state index in [9.17, 15) is 0 Å². The molecule has 3 nitrogen and oxygen atoms in total. The number of aromatic nitrogens is 2. The molecule has 3 heteroatoms. The van der Waals surface area contributed by atoms with Gasteiger partial charge in [0.2, 0.25) is 0 Å². The molecule has 1 aliphatic rings. The molecule has 21 heavy (non-hydrogen) atoms. The number of imidazole rings is 1. The van der Waals surface area contributed by atoms with Crippen LogP contribution in [0.4, 0.5) is 0 Å². The number of H-pyrrole nitrogens is 1. The highest BCUT2D eigenvalue weighted by atomic mass is 16.5. The molecule has 0 amide bonds. The summed E-state index contributed by atoms with van der Waals surface area (Å²) in [5, 5.41) is 0. The van der Waals surface area contributed by atoms with Gasteiger partial charge in [-0.2, -0.15) is 0 Å². The Morgan fingerprint density at radius 2 is 2.00 bits per heavy atom. The molecular weight excluding hydrogens is 260 g/mol. The minimum atomic E-state index is -0.112. The number of rotatable bonds is 1. The minimum Gasteiger partial charge on any atom is -0.487 e. The molecular formula is C18H18N2O. The van der Waals surface area contributed by atoms with Crippen LogP contribution in [0.5, 0.6) is 5.75 Å². The zero-order valence-corrected chi connectivity index (χ0v) is 12.5. The number of aromatic amines is 1. The lowest BCUT2D eigenvalue weighted by molar-refractivity contribution is 0.137. The number of benzene rings is 2. The summed E-state index contributed by atoms with van der Waals surface area (Å²) in [5.41, 5.74) is 5.54. The molecule has 0 spiro atoms. The number of hydrogen-bond donors (Lipinski definition) is 1. The van der Waals surface area contributed by atoms with Gasteiger partial charge in [0.05, 0.1) is 11.0 Å². The number of para-hydroxylation sites is 2. The number of fused-ring (bicyclic) bond motifs is 2. The van der Waals surface area contributed by atoms with Gasteiger partial charge in [0, 0.05) is 12.0 Å². The van der Waals surface area contributed by atoms with Gasteiger partial charge in [-0.1, -0.05) is 12.1 Å². The van der Waals surface area contributed by atoms with Gasteiger partial charge in [-0.3, -0.25) is 0 Å². The Labute approximate surface area is 124 Å². The number of nitrogens with zero attached hydrogens (tertiary/aromatic N) is 1. The van der Waals surface area contributed by atoms with Crippen molar-refractivity contribution in [2.45, 2.75) is 32.8 Å². The first kappa shape index (κ1) is 12.5. The van der Waals surface area contributed by atoms with Gasteiger partial charge in [-0.25, -0.2) is 4.98 Å². The monoisotopic (exact) mass is 278 g/mol. The fraction of sp³-hybridized carbons (Fsp3) is 0.278. The van der Waals surface area contributed by atoms with E-state index >= 15 is 0 Å². The van der Waals surface area contributed by atoms with Crippen LogP contribution < -0.4 is 4.74 Å². The maximum Gasteiger partial charge on any atom is 0.138 e. The third-order valence-corrected chi connectivity index (χ3v) is 4.01. The molecule has 2 aromatic carbocycles. The van der Waals surface area contributed by atoms with Crippen LogP contribution in [-0.4, -0.2) is 15.6 Å². The maximum atomic E-state index is 6.04. The van der Waals surface area contributed by atoms with Crippen molar-refractivity contribution < 1.29 is 4.74 Å². The Bertz CT molecular complexity index is 813. The van der Waals surface area contributed by atoms with Gasteiger partial charge in [-0.05, 0) is 56.2 Å². The highest BCUT2D eigenvalue weighted by Gasteiger charge is 2.31. The highest BCUT2D eigenvalue weighted by Crippen LogP contribution is 2.39. The first-order chi connectivity index (χ1) is 10.0. The van der Waals surface area contributed by atoms with Gasteiger partial charge < -0.3 is 9.72 Å². The molecule has 0 radical (unpaired) electrons. The lowest BCUT2D eigenvalue weighted by Gasteiger charge is -2.17. The van der Waals surface area contributed by atoms with Crippen LogP contribution in [0.25, 0.3) is 22.4 Å². The Morgan fingerprint density at radius 3 is 2.81 bits per heavy atom. The van der Waals surface area contributed by atoms with E-state index in [1.165, 1.54) is 11.1 Å². The van der Waals surface area contributed by atoms with Crippen molar-refractivity contribution in [2.75, 3.05) is 0 Å². The summed E-state index contributed by atoms with van der Waals surface area (Å²) in [4.78, 5) is 8.09. The summed E-state index contributed by atoms with van der Waals surface area (Å²) >= 11 is 0. The summed E-state index contributed by atoms with van der Waals surface area (Å²) in [6.07, 6.45) is 0.942. The Morgan fingerprint density at radius 1 is 1.19 bits per heavy atom. The summed E-state index contributed by atoms with van der Waals surface area (Å²) in [6, 6.07) is 12.5. The number of ether oxygens (including phenoxy) is 1. The molecule has 0 fully saturated rings. The second-order valence-corrected chi connectivity index (χ2v) is 6.42. The van der Waals surface area contributed by atoms with Crippen molar-refractivity contribution in [3.63, 3.8) is 0 Å². The first-order valence-electron chi connectivity index (χ1n) is 7.29. The van der Waals surface area contributed by atoms with E-state index in [-0.39, 0.29) is 5.60 Å². The average molecular weight is 278 g/mol. The molecule has 1 aromatic heterocycles. The molecule has 0 saturated heterocycles. The zero-order valence-electron chi connectivity index (χ0n) is 12.5. The van der Waals surface area contributed by atoms with Gasteiger partial charge in [-0.15, -0.1) is 0 Å². The highest BCUT2D eigenvalue weighted by molar-refractivity contribution is 5.79. The lowest BCUT2D eigenvalue weighted by Crippen LogP contribution is -2.24. The maximum absolute atomic E-state index is 6.04. The Balaban J connectivity index is 1.85.